The molecule has 0 aliphatic rings. The van der Waals surface area contributed by atoms with E-state index in [0.29, 0.717) is 0 Å². The smallest absolute Gasteiger partial charge is 0.253 e. The van der Waals surface area contributed by atoms with Crippen LogP contribution in [-0.2, 0) is 11.1 Å². The van der Waals surface area contributed by atoms with Crippen molar-refractivity contribution in [2.75, 3.05) is 14.1 Å². The van der Waals surface area contributed by atoms with Crippen LogP contribution in [0.2, 0.25) is 0 Å². The van der Waals surface area contributed by atoms with Gasteiger partial charge in [-0.2, -0.15) is 5.26 Å². The van der Waals surface area contributed by atoms with Gasteiger partial charge in [0.15, 0.2) is 11.1 Å². The Hall–Kier alpha value is -1.71. The maximum absolute atomic E-state index is 11.6. The van der Waals surface area contributed by atoms with E-state index in [1.807, 2.05) is 6.07 Å². The van der Waals surface area contributed by atoms with Crippen LogP contribution in [0.25, 0.3) is 0 Å². The average molecular weight is 238 g/mol. The molecule has 0 aliphatic carbocycles. The second kappa shape index (κ2) is 4.88. The van der Waals surface area contributed by atoms with Gasteiger partial charge in [0.1, 0.15) is 0 Å². The molecule has 84 valence electrons. The normalized spacial score (nSPS) is 11.6. The molecule has 0 fully saturated rings. The van der Waals surface area contributed by atoms with Crippen molar-refractivity contribution in [3.8, 4) is 6.07 Å². The zero-order valence-corrected chi connectivity index (χ0v) is 9.61. The molecule has 16 heavy (non-hydrogen) atoms. The molecule has 0 radical (unpaired) electrons. The molecule has 5 nitrogen and oxygen atoms in total. The summed E-state index contributed by atoms with van der Waals surface area (Å²) in [7, 11) is 3.13. The summed E-state index contributed by atoms with van der Waals surface area (Å²) < 4.78 is 19.8. The first kappa shape index (κ1) is 12.4. The third kappa shape index (κ3) is 2.66. The molecule has 1 amide bonds. The van der Waals surface area contributed by atoms with E-state index in [4.69, 9.17) is 9.81 Å². The highest BCUT2D eigenvalue weighted by molar-refractivity contribution is 7.79. The molecule has 0 spiro atoms. The van der Waals surface area contributed by atoms with E-state index < -0.39 is 11.1 Å². The standard InChI is InChI=1S/C10H10N2O3S/c1-12(2)10(13)8-3-7(6-11)4-9(5-8)16(14)15/h3-5H,1-2H3,(H,14,15). The summed E-state index contributed by atoms with van der Waals surface area (Å²) in [5.41, 5.74) is 0.409. The monoisotopic (exact) mass is 238 g/mol. The third-order valence-electron chi connectivity index (χ3n) is 1.89. The number of nitrogens with zero attached hydrogens (tertiary/aromatic N) is 2. The quantitative estimate of drug-likeness (QED) is 0.774. The number of rotatable bonds is 2. The largest absolute Gasteiger partial charge is 0.345 e. The number of carbonyl (C=O) groups is 1. The third-order valence-corrected chi connectivity index (χ3v) is 2.53. The molecule has 0 aliphatic heterocycles. The molecule has 0 saturated carbocycles. The van der Waals surface area contributed by atoms with Gasteiger partial charge in [-0.15, -0.1) is 0 Å². The molecule has 1 N–H and O–H groups in total. The minimum absolute atomic E-state index is 0.0456. The van der Waals surface area contributed by atoms with E-state index >= 15 is 0 Å². The lowest BCUT2D eigenvalue weighted by Crippen LogP contribution is -2.21. The highest BCUT2D eigenvalue weighted by atomic mass is 32.2. The van der Waals surface area contributed by atoms with Crippen LogP contribution in [0.4, 0.5) is 0 Å². The van der Waals surface area contributed by atoms with Crippen LogP contribution in [0.15, 0.2) is 23.1 Å². The number of hydrogen-bond acceptors (Lipinski definition) is 3. The number of carbonyl (C=O) groups excluding carboxylic acids is 1. The molecule has 1 atom stereocenters. The second-order valence-electron chi connectivity index (χ2n) is 3.31. The molecule has 0 bridgehead atoms. The Labute approximate surface area is 95.6 Å². The summed E-state index contributed by atoms with van der Waals surface area (Å²) >= 11 is -2.20. The van der Waals surface area contributed by atoms with Gasteiger partial charge in [-0.05, 0) is 18.2 Å². The van der Waals surface area contributed by atoms with Gasteiger partial charge >= 0.3 is 0 Å². The summed E-state index contributed by atoms with van der Waals surface area (Å²) in [4.78, 5) is 13.0. The summed E-state index contributed by atoms with van der Waals surface area (Å²) in [6.45, 7) is 0. The Kier molecular flexibility index (Phi) is 3.77. The zero-order chi connectivity index (χ0) is 12.3. The molecule has 1 unspecified atom stereocenters. The summed E-state index contributed by atoms with van der Waals surface area (Å²) in [5.74, 6) is -0.316. The first-order chi connectivity index (χ1) is 7.45. The van der Waals surface area contributed by atoms with Crippen molar-refractivity contribution >= 4 is 17.0 Å². The Balaban J connectivity index is 3.31. The first-order valence-electron chi connectivity index (χ1n) is 4.33. The van der Waals surface area contributed by atoms with Crippen molar-refractivity contribution < 1.29 is 13.6 Å². The van der Waals surface area contributed by atoms with E-state index in [1.165, 1.54) is 23.1 Å². The van der Waals surface area contributed by atoms with Crippen molar-refractivity contribution in [2.24, 2.45) is 0 Å². The number of hydrogen-bond donors (Lipinski definition) is 1. The maximum atomic E-state index is 11.6. The van der Waals surface area contributed by atoms with E-state index in [-0.39, 0.29) is 21.9 Å². The number of nitriles is 1. The highest BCUT2D eigenvalue weighted by Gasteiger charge is 2.12. The van der Waals surface area contributed by atoms with Gasteiger partial charge in [-0.25, -0.2) is 4.21 Å². The topological polar surface area (TPSA) is 81.4 Å². The fraction of sp³-hybridized carbons (Fsp3) is 0.200. The van der Waals surface area contributed by atoms with Gasteiger partial charge in [0.2, 0.25) is 0 Å². The Morgan fingerprint density at radius 3 is 2.50 bits per heavy atom. The Morgan fingerprint density at radius 2 is 2.06 bits per heavy atom. The van der Waals surface area contributed by atoms with Crippen molar-refractivity contribution in [1.29, 1.82) is 5.26 Å². The van der Waals surface area contributed by atoms with Crippen molar-refractivity contribution in [3.05, 3.63) is 29.3 Å². The minimum Gasteiger partial charge on any atom is -0.345 e. The molecule has 1 rings (SSSR count). The van der Waals surface area contributed by atoms with Crippen LogP contribution in [0.5, 0.6) is 0 Å². The van der Waals surface area contributed by atoms with Crippen molar-refractivity contribution in [1.82, 2.24) is 4.90 Å². The predicted molar refractivity (Wildman–Crippen MR) is 58.2 cm³/mol. The van der Waals surface area contributed by atoms with Crippen LogP contribution in [0, 0.1) is 11.3 Å². The van der Waals surface area contributed by atoms with Gasteiger partial charge in [0.25, 0.3) is 5.91 Å². The van der Waals surface area contributed by atoms with Gasteiger partial charge in [0, 0.05) is 19.7 Å². The van der Waals surface area contributed by atoms with Gasteiger partial charge < -0.3 is 9.45 Å². The Bertz CT molecular complexity index is 491. The van der Waals surface area contributed by atoms with E-state index in [0.717, 1.165) is 0 Å². The summed E-state index contributed by atoms with van der Waals surface area (Å²) in [6.07, 6.45) is 0. The zero-order valence-electron chi connectivity index (χ0n) is 8.80. The number of benzene rings is 1. The van der Waals surface area contributed by atoms with Crippen LogP contribution >= 0.6 is 0 Å². The maximum Gasteiger partial charge on any atom is 0.253 e. The van der Waals surface area contributed by atoms with Crippen molar-refractivity contribution in [2.45, 2.75) is 4.90 Å². The first-order valence-corrected chi connectivity index (χ1v) is 5.44. The molecule has 1 aromatic carbocycles. The fourth-order valence-electron chi connectivity index (χ4n) is 1.15. The Morgan fingerprint density at radius 1 is 1.44 bits per heavy atom. The van der Waals surface area contributed by atoms with Gasteiger partial charge in [-0.3, -0.25) is 4.79 Å². The molecule has 0 heterocycles. The molecular formula is C10H10N2O3S. The lowest BCUT2D eigenvalue weighted by Gasteiger charge is -2.10. The number of amides is 1. The summed E-state index contributed by atoms with van der Waals surface area (Å²) in [5, 5.41) is 8.73. The van der Waals surface area contributed by atoms with Crippen molar-refractivity contribution in [3.63, 3.8) is 0 Å². The van der Waals surface area contributed by atoms with Gasteiger partial charge in [-0.1, -0.05) is 0 Å². The van der Waals surface area contributed by atoms with E-state index in [1.54, 1.807) is 14.1 Å². The van der Waals surface area contributed by atoms with Crippen LogP contribution in [-0.4, -0.2) is 33.7 Å². The lowest BCUT2D eigenvalue weighted by molar-refractivity contribution is 0.0827. The molecule has 6 heteroatoms. The molecule has 1 aromatic rings. The summed E-state index contributed by atoms with van der Waals surface area (Å²) in [6, 6.07) is 5.81. The minimum atomic E-state index is -2.20. The lowest BCUT2D eigenvalue weighted by atomic mass is 10.1. The molecule has 0 aromatic heterocycles. The highest BCUT2D eigenvalue weighted by Crippen LogP contribution is 2.13. The second-order valence-corrected chi connectivity index (χ2v) is 4.28. The van der Waals surface area contributed by atoms with E-state index in [9.17, 15) is 9.00 Å². The SMILES string of the molecule is CN(C)C(=O)c1cc(C#N)cc(S(=O)O)c1. The molecule has 0 saturated heterocycles. The van der Waals surface area contributed by atoms with Crippen LogP contribution in [0.3, 0.4) is 0 Å². The average Bonchev–Trinajstić information content (AvgIpc) is 2.27. The van der Waals surface area contributed by atoms with Crippen LogP contribution < -0.4 is 0 Å². The fourth-order valence-corrected chi connectivity index (χ4v) is 1.60. The van der Waals surface area contributed by atoms with Gasteiger partial charge in [0.05, 0.1) is 16.5 Å². The molecular weight excluding hydrogens is 228 g/mol. The van der Waals surface area contributed by atoms with E-state index in [2.05, 4.69) is 0 Å². The predicted octanol–water partition coefficient (Wildman–Crippen LogP) is 0.841. The van der Waals surface area contributed by atoms with Crippen LogP contribution in [0.1, 0.15) is 15.9 Å².